The van der Waals surface area contributed by atoms with Gasteiger partial charge in [0.2, 0.25) is 0 Å². The molecule has 3 aliphatic carbocycles. The molecule has 180 valence electrons. The Balaban J connectivity index is 1.32. The third-order valence-corrected chi connectivity index (χ3v) is 9.91. The first-order valence-electron chi connectivity index (χ1n) is 12.7. The van der Waals surface area contributed by atoms with Crippen LogP contribution >= 0.6 is 15.9 Å². The van der Waals surface area contributed by atoms with Gasteiger partial charge in [0.15, 0.2) is 11.5 Å². The highest BCUT2D eigenvalue weighted by molar-refractivity contribution is 9.10. The summed E-state index contributed by atoms with van der Waals surface area (Å²) in [4.78, 5) is 0. The summed E-state index contributed by atoms with van der Waals surface area (Å²) in [6, 6.07) is 4.19. The number of hydrogen-bond acceptors (Lipinski definition) is 3. The van der Waals surface area contributed by atoms with Gasteiger partial charge < -0.3 is 18.7 Å². The predicted molar refractivity (Wildman–Crippen MR) is 133 cm³/mol. The quantitative estimate of drug-likeness (QED) is 0.268. The Bertz CT molecular complexity index is 772. The molecule has 3 unspecified atom stereocenters. The van der Waals surface area contributed by atoms with Crippen LogP contribution in [0.3, 0.4) is 0 Å². The number of likely N-dealkylation sites (tertiary alicyclic amines) is 1. The van der Waals surface area contributed by atoms with Gasteiger partial charge in [-0.3, -0.25) is 0 Å². The van der Waals surface area contributed by atoms with Crippen LogP contribution in [-0.2, 0) is 11.3 Å². The number of ether oxygens (including phenoxy) is 3. The topological polar surface area (TPSA) is 27.7 Å². The molecule has 1 saturated heterocycles. The Morgan fingerprint density at radius 3 is 2.38 bits per heavy atom. The molecule has 0 amide bonds. The van der Waals surface area contributed by atoms with E-state index in [1.807, 2.05) is 6.07 Å². The van der Waals surface area contributed by atoms with Crippen molar-refractivity contribution in [1.29, 1.82) is 0 Å². The van der Waals surface area contributed by atoms with E-state index in [-0.39, 0.29) is 0 Å². The maximum atomic E-state index is 6.28. The summed E-state index contributed by atoms with van der Waals surface area (Å²) < 4.78 is 19.6. The normalized spacial score (nSPS) is 28.1. The SMILES string of the molecule is COc1cc(Br)c(C[N+]2(CCOCCC3CCC4CC3C4(C)C)CCCCC2)cc1OC. The van der Waals surface area contributed by atoms with Gasteiger partial charge in [0.25, 0.3) is 0 Å². The number of rotatable bonds is 10. The van der Waals surface area contributed by atoms with Crippen molar-refractivity contribution in [2.75, 3.05) is 47.1 Å². The number of hydrogen-bond donors (Lipinski definition) is 0. The molecule has 2 bridgehead atoms. The molecule has 4 aliphatic rings. The van der Waals surface area contributed by atoms with E-state index in [1.165, 1.54) is 63.6 Å². The number of piperidine rings is 1. The summed E-state index contributed by atoms with van der Waals surface area (Å²) in [6.07, 6.45) is 9.56. The van der Waals surface area contributed by atoms with Crippen LogP contribution in [0, 0.1) is 23.2 Å². The van der Waals surface area contributed by atoms with Gasteiger partial charge in [-0.25, -0.2) is 0 Å². The average Bonchev–Trinajstić information content (AvgIpc) is 2.80. The summed E-state index contributed by atoms with van der Waals surface area (Å²) in [5, 5.41) is 0. The number of methoxy groups -OCH3 is 2. The fourth-order valence-corrected chi connectivity index (χ4v) is 7.37. The zero-order valence-electron chi connectivity index (χ0n) is 20.6. The third-order valence-electron chi connectivity index (χ3n) is 9.17. The summed E-state index contributed by atoms with van der Waals surface area (Å²) in [7, 11) is 3.41. The molecule has 0 N–H and O–H groups in total. The fraction of sp³-hybridized carbons (Fsp3) is 0.778. The molecule has 1 heterocycles. The van der Waals surface area contributed by atoms with Crippen molar-refractivity contribution < 1.29 is 18.7 Å². The lowest BCUT2D eigenvalue weighted by molar-refractivity contribution is -0.945. The van der Waals surface area contributed by atoms with Gasteiger partial charge in [0.1, 0.15) is 13.1 Å². The minimum absolute atomic E-state index is 0.582. The van der Waals surface area contributed by atoms with E-state index in [0.717, 1.165) is 64.5 Å². The van der Waals surface area contributed by atoms with Gasteiger partial charge in [0.05, 0.1) is 33.9 Å². The lowest BCUT2D eigenvalue weighted by Crippen LogP contribution is -2.53. The minimum Gasteiger partial charge on any atom is -0.493 e. The Kier molecular flexibility index (Phi) is 7.78. The monoisotopic (exact) mass is 508 g/mol. The molecule has 1 aromatic rings. The van der Waals surface area contributed by atoms with E-state index in [2.05, 4.69) is 35.8 Å². The van der Waals surface area contributed by atoms with Crippen LogP contribution in [0.5, 0.6) is 11.5 Å². The van der Waals surface area contributed by atoms with Gasteiger partial charge in [-0.05, 0) is 80.2 Å². The highest BCUT2D eigenvalue weighted by Gasteiger charge is 2.53. The molecular weight excluding hydrogens is 466 g/mol. The molecule has 1 aromatic carbocycles. The number of quaternary nitrogens is 1. The number of nitrogens with zero attached hydrogens (tertiary/aromatic N) is 1. The second-order valence-corrected chi connectivity index (χ2v) is 12.0. The van der Waals surface area contributed by atoms with E-state index in [1.54, 1.807) is 14.2 Å². The van der Waals surface area contributed by atoms with Crippen molar-refractivity contribution in [1.82, 2.24) is 0 Å². The zero-order valence-corrected chi connectivity index (χ0v) is 22.2. The Morgan fingerprint density at radius 2 is 1.72 bits per heavy atom. The van der Waals surface area contributed by atoms with Crippen LogP contribution in [0.15, 0.2) is 16.6 Å². The van der Waals surface area contributed by atoms with Crippen LogP contribution < -0.4 is 9.47 Å². The predicted octanol–water partition coefficient (Wildman–Crippen LogP) is 6.45. The van der Waals surface area contributed by atoms with E-state index in [9.17, 15) is 0 Å². The van der Waals surface area contributed by atoms with Crippen LogP contribution in [0.4, 0.5) is 0 Å². The maximum absolute atomic E-state index is 6.28. The smallest absolute Gasteiger partial charge is 0.161 e. The summed E-state index contributed by atoms with van der Waals surface area (Å²) in [6.45, 7) is 11.4. The Labute approximate surface area is 203 Å². The second-order valence-electron chi connectivity index (χ2n) is 11.1. The van der Waals surface area contributed by atoms with Crippen LogP contribution in [0.25, 0.3) is 0 Å². The molecule has 3 saturated carbocycles. The standard InChI is InChI=1S/C27H43BrNO3/c1-27(2)22-9-8-20(23(27)17-22)10-14-32-15-13-29(11-6-5-7-12-29)19-21-16-25(30-3)26(31-4)18-24(21)28/h16,18,20,22-23H,5-15,17,19H2,1-4H3/q+1. The van der Waals surface area contributed by atoms with Crippen molar-refractivity contribution in [3.63, 3.8) is 0 Å². The molecule has 4 fully saturated rings. The number of halogens is 1. The maximum Gasteiger partial charge on any atom is 0.161 e. The molecule has 0 radical (unpaired) electrons. The zero-order chi connectivity index (χ0) is 22.8. The van der Waals surface area contributed by atoms with Gasteiger partial charge >= 0.3 is 0 Å². The molecule has 4 nitrogen and oxygen atoms in total. The van der Waals surface area contributed by atoms with E-state index in [4.69, 9.17) is 14.2 Å². The van der Waals surface area contributed by atoms with Crippen molar-refractivity contribution in [2.45, 2.75) is 65.3 Å². The first-order chi connectivity index (χ1) is 15.4. The Hall–Kier alpha value is -0.780. The number of benzene rings is 1. The van der Waals surface area contributed by atoms with Crippen molar-refractivity contribution in [3.05, 3.63) is 22.2 Å². The second kappa shape index (κ2) is 10.2. The van der Waals surface area contributed by atoms with Crippen molar-refractivity contribution in [3.8, 4) is 11.5 Å². The molecule has 5 heteroatoms. The minimum atomic E-state index is 0.582. The molecule has 1 aliphatic heterocycles. The van der Waals surface area contributed by atoms with Crippen molar-refractivity contribution >= 4 is 15.9 Å². The van der Waals surface area contributed by atoms with Crippen LogP contribution in [0.2, 0.25) is 0 Å². The Morgan fingerprint density at radius 1 is 1.00 bits per heavy atom. The van der Waals surface area contributed by atoms with Crippen molar-refractivity contribution in [2.24, 2.45) is 23.2 Å². The molecule has 3 atom stereocenters. The summed E-state index contributed by atoms with van der Waals surface area (Å²) in [5.74, 6) is 4.40. The van der Waals surface area contributed by atoms with Crippen LogP contribution in [0.1, 0.15) is 64.4 Å². The van der Waals surface area contributed by atoms with E-state index in [0.29, 0.717) is 5.41 Å². The molecule has 5 rings (SSSR count). The van der Waals surface area contributed by atoms with Gasteiger partial charge in [-0.2, -0.15) is 0 Å². The lowest BCUT2D eigenvalue weighted by Gasteiger charge is -2.60. The van der Waals surface area contributed by atoms with E-state index < -0.39 is 0 Å². The molecule has 0 aromatic heterocycles. The molecule has 0 spiro atoms. The van der Waals surface area contributed by atoms with Gasteiger partial charge in [-0.15, -0.1) is 0 Å². The summed E-state index contributed by atoms with van der Waals surface area (Å²) >= 11 is 3.78. The highest BCUT2D eigenvalue weighted by Crippen LogP contribution is 2.61. The van der Waals surface area contributed by atoms with Crippen LogP contribution in [-0.4, -0.2) is 51.6 Å². The first kappa shape index (κ1) is 24.3. The highest BCUT2D eigenvalue weighted by atomic mass is 79.9. The molecule has 32 heavy (non-hydrogen) atoms. The lowest BCUT2D eigenvalue weighted by atomic mass is 9.45. The third kappa shape index (κ3) is 5.00. The van der Waals surface area contributed by atoms with Gasteiger partial charge in [-0.1, -0.05) is 29.8 Å². The first-order valence-corrected chi connectivity index (χ1v) is 13.5. The fourth-order valence-electron chi connectivity index (χ4n) is 6.93. The largest absolute Gasteiger partial charge is 0.493 e. The number of fused-ring (bicyclic) bond motifs is 2. The average molecular weight is 510 g/mol. The van der Waals surface area contributed by atoms with Gasteiger partial charge in [0, 0.05) is 16.6 Å². The van der Waals surface area contributed by atoms with E-state index >= 15 is 0 Å². The molecular formula is C27H43BrNO3+. The summed E-state index contributed by atoms with van der Waals surface area (Å²) in [5.41, 5.74) is 1.88.